The standard InChI is InChI=1S/C22H34BNO5/c1-20(2,3)27-19(25)24-17-9-8-10-18(17)26-16-13-11-15(12-14-16)23-28-21(4,5)22(6,7)29-23/h11-14,17-18H,8-10H2,1-7H3,(H,24,25). The first-order valence-electron chi connectivity index (χ1n) is 10.5. The van der Waals surface area contributed by atoms with Crippen LogP contribution in [0.15, 0.2) is 24.3 Å². The number of carbonyl (C=O) groups excluding carboxylic acids is 1. The Morgan fingerprint density at radius 1 is 1.07 bits per heavy atom. The summed E-state index contributed by atoms with van der Waals surface area (Å²) in [5.74, 6) is 0.771. The molecular weight excluding hydrogens is 369 g/mol. The van der Waals surface area contributed by atoms with E-state index in [-0.39, 0.29) is 30.5 Å². The molecule has 1 saturated carbocycles. The number of nitrogens with one attached hydrogen (secondary N) is 1. The van der Waals surface area contributed by atoms with Gasteiger partial charge in [-0.3, -0.25) is 0 Å². The molecule has 29 heavy (non-hydrogen) atoms. The van der Waals surface area contributed by atoms with E-state index in [1.807, 2.05) is 72.7 Å². The van der Waals surface area contributed by atoms with Crippen LogP contribution < -0.4 is 15.5 Å². The molecule has 1 aromatic carbocycles. The van der Waals surface area contributed by atoms with E-state index in [4.69, 9.17) is 18.8 Å². The summed E-state index contributed by atoms with van der Waals surface area (Å²) < 4.78 is 23.7. The molecule has 1 N–H and O–H groups in total. The van der Waals surface area contributed by atoms with E-state index in [1.54, 1.807) is 0 Å². The second kappa shape index (κ2) is 7.84. The third kappa shape index (κ3) is 5.26. The fourth-order valence-corrected chi connectivity index (χ4v) is 3.55. The Morgan fingerprint density at radius 2 is 1.66 bits per heavy atom. The zero-order valence-corrected chi connectivity index (χ0v) is 18.7. The maximum atomic E-state index is 12.1. The van der Waals surface area contributed by atoms with Gasteiger partial charge in [-0.1, -0.05) is 12.1 Å². The van der Waals surface area contributed by atoms with Gasteiger partial charge in [-0.15, -0.1) is 0 Å². The molecule has 0 bridgehead atoms. The molecule has 1 aliphatic carbocycles. The zero-order valence-electron chi connectivity index (χ0n) is 18.7. The van der Waals surface area contributed by atoms with Gasteiger partial charge in [0.25, 0.3) is 0 Å². The monoisotopic (exact) mass is 403 g/mol. The minimum atomic E-state index is -0.512. The molecule has 7 heteroatoms. The van der Waals surface area contributed by atoms with E-state index in [0.29, 0.717) is 0 Å². The lowest BCUT2D eigenvalue weighted by Gasteiger charge is -2.32. The Kier molecular flexibility index (Phi) is 5.94. The van der Waals surface area contributed by atoms with Crippen LogP contribution in [0.25, 0.3) is 0 Å². The van der Waals surface area contributed by atoms with Gasteiger partial charge in [-0.25, -0.2) is 4.79 Å². The summed E-state index contributed by atoms with van der Waals surface area (Å²) in [5, 5.41) is 2.95. The summed E-state index contributed by atoms with van der Waals surface area (Å²) in [6.45, 7) is 13.7. The first kappa shape index (κ1) is 22.0. The number of hydrogen-bond acceptors (Lipinski definition) is 5. The fraction of sp³-hybridized carbons (Fsp3) is 0.682. The van der Waals surface area contributed by atoms with Crippen molar-refractivity contribution in [3.8, 4) is 5.75 Å². The third-order valence-corrected chi connectivity index (χ3v) is 5.85. The van der Waals surface area contributed by atoms with Gasteiger partial charge >= 0.3 is 13.2 Å². The minimum Gasteiger partial charge on any atom is -0.488 e. The molecule has 1 aromatic rings. The maximum Gasteiger partial charge on any atom is 0.494 e. The normalized spacial score (nSPS) is 25.7. The molecule has 0 spiro atoms. The number of rotatable bonds is 4. The predicted octanol–water partition coefficient (Wildman–Crippen LogP) is 3.81. The van der Waals surface area contributed by atoms with Crippen LogP contribution in [0.5, 0.6) is 5.75 Å². The largest absolute Gasteiger partial charge is 0.494 e. The highest BCUT2D eigenvalue weighted by atomic mass is 16.7. The highest BCUT2D eigenvalue weighted by molar-refractivity contribution is 6.62. The van der Waals surface area contributed by atoms with Crippen LogP contribution >= 0.6 is 0 Å². The molecule has 1 aliphatic heterocycles. The second-order valence-electron chi connectivity index (χ2n) is 10.00. The topological polar surface area (TPSA) is 66.0 Å². The number of alkyl carbamates (subject to hydrolysis) is 1. The molecule has 1 saturated heterocycles. The first-order valence-corrected chi connectivity index (χ1v) is 10.5. The van der Waals surface area contributed by atoms with Gasteiger partial charge in [0.15, 0.2) is 0 Å². The summed E-state index contributed by atoms with van der Waals surface area (Å²) in [4.78, 5) is 12.1. The van der Waals surface area contributed by atoms with Crippen LogP contribution in [0.4, 0.5) is 4.79 Å². The van der Waals surface area contributed by atoms with E-state index in [2.05, 4.69) is 5.32 Å². The average Bonchev–Trinajstić information content (AvgIpc) is 3.07. The Hall–Kier alpha value is -1.73. The summed E-state index contributed by atoms with van der Waals surface area (Å²) in [6.07, 6.45) is 2.34. The Bertz CT molecular complexity index is 710. The van der Waals surface area contributed by atoms with Crippen LogP contribution in [0.3, 0.4) is 0 Å². The van der Waals surface area contributed by atoms with Crippen molar-refractivity contribution >= 4 is 18.7 Å². The van der Waals surface area contributed by atoms with Crippen LogP contribution in [0.2, 0.25) is 0 Å². The highest BCUT2D eigenvalue weighted by Crippen LogP contribution is 2.36. The van der Waals surface area contributed by atoms with E-state index in [9.17, 15) is 4.79 Å². The molecule has 6 nitrogen and oxygen atoms in total. The van der Waals surface area contributed by atoms with Crippen LogP contribution in [0.1, 0.15) is 67.7 Å². The molecule has 1 amide bonds. The summed E-state index contributed by atoms with van der Waals surface area (Å²) in [7, 11) is -0.387. The molecule has 160 valence electrons. The first-order chi connectivity index (χ1) is 13.4. The van der Waals surface area contributed by atoms with Crippen molar-refractivity contribution < 1.29 is 23.6 Å². The number of ether oxygens (including phenoxy) is 2. The predicted molar refractivity (Wildman–Crippen MR) is 114 cm³/mol. The summed E-state index contributed by atoms with van der Waals surface area (Å²) in [6, 6.07) is 7.77. The van der Waals surface area contributed by atoms with Crippen molar-refractivity contribution in [2.75, 3.05) is 0 Å². The Balaban J connectivity index is 1.59. The molecular formula is C22H34BNO5. The van der Waals surface area contributed by atoms with E-state index in [1.165, 1.54) is 0 Å². The Labute approximate surface area is 174 Å². The van der Waals surface area contributed by atoms with Crippen LogP contribution in [-0.4, -0.2) is 42.2 Å². The number of amides is 1. The van der Waals surface area contributed by atoms with E-state index < -0.39 is 11.7 Å². The fourth-order valence-electron chi connectivity index (χ4n) is 3.55. The van der Waals surface area contributed by atoms with Crippen LogP contribution in [0, 0.1) is 0 Å². The molecule has 2 unspecified atom stereocenters. The van der Waals surface area contributed by atoms with Gasteiger partial charge in [0, 0.05) is 0 Å². The molecule has 2 atom stereocenters. The van der Waals surface area contributed by atoms with Crippen molar-refractivity contribution in [2.45, 2.75) is 96.7 Å². The SMILES string of the molecule is CC(C)(C)OC(=O)NC1CCCC1Oc1ccc(B2OC(C)(C)C(C)(C)O2)cc1. The molecule has 0 radical (unpaired) electrons. The van der Waals surface area contributed by atoms with Gasteiger partial charge in [-0.2, -0.15) is 0 Å². The quantitative estimate of drug-likeness (QED) is 0.775. The lowest BCUT2D eigenvalue weighted by atomic mass is 9.79. The van der Waals surface area contributed by atoms with Crippen molar-refractivity contribution in [3.63, 3.8) is 0 Å². The molecule has 1 heterocycles. The zero-order chi connectivity index (χ0) is 21.4. The number of hydrogen-bond donors (Lipinski definition) is 1. The minimum absolute atomic E-state index is 0.0485. The van der Waals surface area contributed by atoms with Crippen molar-refractivity contribution in [1.82, 2.24) is 5.32 Å². The lowest BCUT2D eigenvalue weighted by molar-refractivity contribution is 0.00578. The Morgan fingerprint density at radius 3 is 2.21 bits per heavy atom. The third-order valence-electron chi connectivity index (χ3n) is 5.85. The average molecular weight is 403 g/mol. The summed E-state index contributed by atoms with van der Waals surface area (Å²) in [5.41, 5.74) is -0.275. The van der Waals surface area contributed by atoms with Crippen molar-refractivity contribution in [2.24, 2.45) is 0 Å². The van der Waals surface area contributed by atoms with Gasteiger partial charge in [0.2, 0.25) is 0 Å². The summed E-state index contributed by atoms with van der Waals surface area (Å²) >= 11 is 0. The van der Waals surface area contributed by atoms with Gasteiger partial charge in [0.05, 0.1) is 17.2 Å². The van der Waals surface area contributed by atoms with Crippen LogP contribution in [-0.2, 0) is 14.0 Å². The lowest BCUT2D eigenvalue weighted by Crippen LogP contribution is -2.44. The molecule has 3 rings (SSSR count). The van der Waals surface area contributed by atoms with Gasteiger partial charge in [0.1, 0.15) is 17.5 Å². The van der Waals surface area contributed by atoms with E-state index >= 15 is 0 Å². The van der Waals surface area contributed by atoms with Gasteiger partial charge in [-0.05, 0) is 85.3 Å². The molecule has 2 aliphatic rings. The number of carbonyl (C=O) groups is 1. The van der Waals surface area contributed by atoms with Gasteiger partial charge < -0.3 is 24.1 Å². The second-order valence-corrected chi connectivity index (χ2v) is 10.00. The van der Waals surface area contributed by atoms with E-state index in [0.717, 1.165) is 30.5 Å². The van der Waals surface area contributed by atoms with Crippen molar-refractivity contribution in [3.05, 3.63) is 24.3 Å². The number of benzene rings is 1. The molecule has 0 aromatic heterocycles. The molecule has 2 fully saturated rings. The maximum absolute atomic E-state index is 12.1. The smallest absolute Gasteiger partial charge is 0.488 e. The highest BCUT2D eigenvalue weighted by Gasteiger charge is 2.51. The van der Waals surface area contributed by atoms with Crippen molar-refractivity contribution in [1.29, 1.82) is 0 Å².